The SMILES string of the molecule is N#Cc1ccc(Oc2cc(Cc3ccc(=O)[nH]n3)ccc2Cl)c(Cl)c1. The molecule has 0 aliphatic heterocycles. The van der Waals surface area contributed by atoms with Gasteiger partial charge < -0.3 is 4.74 Å². The van der Waals surface area contributed by atoms with E-state index in [4.69, 9.17) is 33.2 Å². The molecule has 1 heterocycles. The number of ether oxygens (including phenoxy) is 1. The first kappa shape index (κ1) is 17.0. The number of nitriles is 1. The number of hydrogen-bond donors (Lipinski definition) is 1. The van der Waals surface area contributed by atoms with Crippen LogP contribution in [0.1, 0.15) is 16.8 Å². The zero-order valence-corrected chi connectivity index (χ0v) is 14.3. The number of aromatic amines is 1. The lowest BCUT2D eigenvalue weighted by Gasteiger charge is -2.11. The molecular weight excluding hydrogens is 361 g/mol. The van der Waals surface area contributed by atoms with Crippen LogP contribution >= 0.6 is 23.2 Å². The third-order valence-corrected chi connectivity index (χ3v) is 4.01. The second-order valence-electron chi connectivity index (χ2n) is 5.21. The van der Waals surface area contributed by atoms with Gasteiger partial charge in [-0.3, -0.25) is 4.79 Å². The molecule has 25 heavy (non-hydrogen) atoms. The quantitative estimate of drug-likeness (QED) is 0.739. The molecule has 3 aromatic rings. The summed E-state index contributed by atoms with van der Waals surface area (Å²) in [7, 11) is 0. The fourth-order valence-electron chi connectivity index (χ4n) is 2.19. The van der Waals surface area contributed by atoms with Crippen LogP contribution in [-0.4, -0.2) is 10.2 Å². The van der Waals surface area contributed by atoms with Gasteiger partial charge in [0.1, 0.15) is 11.5 Å². The number of hydrogen-bond acceptors (Lipinski definition) is 4. The Balaban J connectivity index is 1.85. The molecule has 3 rings (SSSR count). The van der Waals surface area contributed by atoms with Crippen LogP contribution in [0.25, 0.3) is 0 Å². The van der Waals surface area contributed by atoms with E-state index in [0.29, 0.717) is 39.2 Å². The maximum absolute atomic E-state index is 11.1. The minimum absolute atomic E-state index is 0.251. The van der Waals surface area contributed by atoms with Crippen molar-refractivity contribution >= 4 is 23.2 Å². The number of nitrogens with zero attached hydrogens (tertiary/aromatic N) is 2. The minimum Gasteiger partial charge on any atom is -0.454 e. The van der Waals surface area contributed by atoms with E-state index in [2.05, 4.69) is 10.2 Å². The first-order valence-electron chi connectivity index (χ1n) is 7.26. The number of nitrogens with one attached hydrogen (secondary N) is 1. The van der Waals surface area contributed by atoms with Crippen molar-refractivity contribution in [3.8, 4) is 17.6 Å². The number of benzene rings is 2. The highest BCUT2D eigenvalue weighted by Gasteiger charge is 2.09. The normalized spacial score (nSPS) is 10.3. The summed E-state index contributed by atoms with van der Waals surface area (Å²) in [5.41, 5.74) is 1.81. The van der Waals surface area contributed by atoms with Crippen molar-refractivity contribution in [3.63, 3.8) is 0 Å². The Morgan fingerprint density at radius 2 is 1.88 bits per heavy atom. The van der Waals surface area contributed by atoms with Crippen LogP contribution < -0.4 is 10.3 Å². The molecule has 7 heteroatoms. The van der Waals surface area contributed by atoms with Crippen LogP contribution in [-0.2, 0) is 6.42 Å². The van der Waals surface area contributed by atoms with E-state index >= 15 is 0 Å². The van der Waals surface area contributed by atoms with E-state index in [1.807, 2.05) is 12.1 Å². The Morgan fingerprint density at radius 1 is 1.04 bits per heavy atom. The van der Waals surface area contributed by atoms with Gasteiger partial charge in [0, 0.05) is 12.5 Å². The lowest BCUT2D eigenvalue weighted by molar-refractivity contribution is 0.482. The maximum atomic E-state index is 11.1. The minimum atomic E-state index is -0.251. The van der Waals surface area contributed by atoms with Crippen molar-refractivity contribution in [2.24, 2.45) is 0 Å². The smallest absolute Gasteiger partial charge is 0.264 e. The van der Waals surface area contributed by atoms with E-state index in [1.54, 1.807) is 30.3 Å². The standard InChI is InChI=1S/C18H11Cl2N3O2/c19-14-4-1-11(7-13-3-6-18(24)23-22-13)9-17(14)25-16-5-2-12(10-21)8-15(16)20/h1-6,8-9H,7H2,(H,23,24). The molecule has 0 spiro atoms. The number of H-pyrrole nitrogens is 1. The largest absolute Gasteiger partial charge is 0.454 e. The van der Waals surface area contributed by atoms with E-state index in [-0.39, 0.29) is 5.56 Å². The van der Waals surface area contributed by atoms with Gasteiger partial charge in [-0.2, -0.15) is 10.4 Å². The van der Waals surface area contributed by atoms with Crippen molar-refractivity contribution in [1.82, 2.24) is 10.2 Å². The molecule has 0 amide bonds. The van der Waals surface area contributed by atoms with Gasteiger partial charge in [0.05, 0.1) is 27.4 Å². The molecule has 0 radical (unpaired) electrons. The van der Waals surface area contributed by atoms with Crippen LogP contribution in [0.4, 0.5) is 0 Å². The van der Waals surface area contributed by atoms with Gasteiger partial charge in [0.25, 0.3) is 5.56 Å². The monoisotopic (exact) mass is 371 g/mol. The van der Waals surface area contributed by atoms with Gasteiger partial charge in [0.15, 0.2) is 0 Å². The predicted octanol–water partition coefficient (Wildman–Crippen LogP) is 4.33. The van der Waals surface area contributed by atoms with Gasteiger partial charge in [-0.1, -0.05) is 29.3 Å². The summed E-state index contributed by atoms with van der Waals surface area (Å²) in [5.74, 6) is 0.845. The van der Waals surface area contributed by atoms with E-state index in [9.17, 15) is 4.79 Å². The molecule has 124 valence electrons. The highest BCUT2D eigenvalue weighted by atomic mass is 35.5. The van der Waals surface area contributed by atoms with Gasteiger partial charge in [-0.25, -0.2) is 5.10 Å². The molecule has 5 nitrogen and oxygen atoms in total. The molecule has 0 unspecified atom stereocenters. The number of aromatic nitrogens is 2. The molecule has 0 fully saturated rings. The summed E-state index contributed by atoms with van der Waals surface area (Å²) in [6, 6.07) is 15.2. The zero-order chi connectivity index (χ0) is 17.8. The highest BCUT2D eigenvalue weighted by molar-refractivity contribution is 6.33. The Kier molecular flexibility index (Phi) is 5.03. The zero-order valence-electron chi connectivity index (χ0n) is 12.8. The summed E-state index contributed by atoms with van der Waals surface area (Å²) in [4.78, 5) is 11.1. The van der Waals surface area contributed by atoms with E-state index < -0.39 is 0 Å². The summed E-state index contributed by atoms with van der Waals surface area (Å²) < 4.78 is 5.79. The lowest BCUT2D eigenvalue weighted by atomic mass is 10.1. The van der Waals surface area contributed by atoms with Gasteiger partial charge in [-0.15, -0.1) is 0 Å². The third-order valence-electron chi connectivity index (χ3n) is 3.40. The Morgan fingerprint density at radius 3 is 2.56 bits per heavy atom. The Labute approximate surface area is 153 Å². The molecule has 1 aromatic heterocycles. The molecule has 2 aromatic carbocycles. The van der Waals surface area contributed by atoms with E-state index in [0.717, 1.165) is 5.56 Å². The van der Waals surface area contributed by atoms with Crippen molar-refractivity contribution in [2.45, 2.75) is 6.42 Å². The van der Waals surface area contributed by atoms with Crippen LogP contribution in [0.3, 0.4) is 0 Å². The van der Waals surface area contributed by atoms with E-state index in [1.165, 1.54) is 12.1 Å². The van der Waals surface area contributed by atoms with Crippen LogP contribution in [0.5, 0.6) is 11.5 Å². The van der Waals surface area contributed by atoms with Crippen molar-refractivity contribution in [1.29, 1.82) is 5.26 Å². The van der Waals surface area contributed by atoms with Crippen molar-refractivity contribution in [3.05, 3.63) is 85.8 Å². The summed E-state index contributed by atoms with van der Waals surface area (Å²) in [6.45, 7) is 0. The second-order valence-corrected chi connectivity index (χ2v) is 6.03. The summed E-state index contributed by atoms with van der Waals surface area (Å²) in [5, 5.41) is 16.0. The Bertz CT molecular complexity index is 1010. The average molecular weight is 372 g/mol. The molecule has 0 atom stereocenters. The van der Waals surface area contributed by atoms with Gasteiger partial charge >= 0.3 is 0 Å². The molecular formula is C18H11Cl2N3O2. The molecule has 1 N–H and O–H groups in total. The van der Waals surface area contributed by atoms with Crippen LogP contribution in [0.2, 0.25) is 10.0 Å². The molecule has 0 bridgehead atoms. The third kappa shape index (κ3) is 4.18. The molecule has 0 aliphatic carbocycles. The molecule has 0 saturated carbocycles. The fourth-order valence-corrected chi connectivity index (χ4v) is 2.56. The molecule has 0 aliphatic rings. The Hall–Kier alpha value is -2.81. The fraction of sp³-hybridized carbons (Fsp3) is 0.0556. The van der Waals surface area contributed by atoms with Crippen LogP contribution in [0.15, 0.2) is 53.3 Å². The van der Waals surface area contributed by atoms with Crippen molar-refractivity contribution < 1.29 is 4.74 Å². The number of rotatable bonds is 4. The van der Waals surface area contributed by atoms with Gasteiger partial charge in [0.2, 0.25) is 0 Å². The topological polar surface area (TPSA) is 78.8 Å². The first-order chi connectivity index (χ1) is 12.0. The first-order valence-corrected chi connectivity index (χ1v) is 8.01. The number of halogens is 2. The summed E-state index contributed by atoms with van der Waals surface area (Å²) in [6.07, 6.45) is 0.505. The predicted molar refractivity (Wildman–Crippen MR) is 95.4 cm³/mol. The highest BCUT2D eigenvalue weighted by Crippen LogP contribution is 2.34. The maximum Gasteiger partial charge on any atom is 0.264 e. The summed E-state index contributed by atoms with van der Waals surface area (Å²) >= 11 is 12.3. The van der Waals surface area contributed by atoms with Crippen molar-refractivity contribution in [2.75, 3.05) is 0 Å². The lowest BCUT2D eigenvalue weighted by Crippen LogP contribution is -2.07. The molecule has 0 saturated heterocycles. The average Bonchev–Trinajstić information content (AvgIpc) is 2.61. The van der Waals surface area contributed by atoms with Gasteiger partial charge in [-0.05, 0) is 42.0 Å². The second kappa shape index (κ2) is 7.39. The van der Waals surface area contributed by atoms with Crippen LogP contribution in [0, 0.1) is 11.3 Å².